The van der Waals surface area contributed by atoms with Crippen LogP contribution in [0.4, 0.5) is 10.5 Å². The fourth-order valence-electron chi connectivity index (χ4n) is 4.85. The zero-order valence-corrected chi connectivity index (χ0v) is 29.6. The van der Waals surface area contributed by atoms with Crippen LogP contribution in [0, 0.1) is 11.8 Å². The number of hydrogen-bond acceptors (Lipinski definition) is 10. The number of rotatable bonds is 21. The average Bonchev–Trinajstić information content (AvgIpc) is 3.32. The molecule has 1 unspecified atom stereocenters. The van der Waals surface area contributed by atoms with Gasteiger partial charge in [0.1, 0.15) is 18.7 Å². The molecule has 2 rings (SSSR count). The molecular weight excluding hydrogens is 654 g/mol. The minimum Gasteiger partial charge on any atom is -0.461 e. The number of carbonyl (C=O) groups is 7. The van der Waals surface area contributed by atoms with E-state index in [1.165, 1.54) is 16.7 Å². The molecule has 49 heavy (non-hydrogen) atoms. The number of benzene rings is 1. The number of nitrogens with one attached hydrogen (secondary N) is 4. The molecule has 15 nitrogen and oxygen atoms in total. The summed E-state index contributed by atoms with van der Waals surface area (Å²) < 4.78 is 5.23. The summed E-state index contributed by atoms with van der Waals surface area (Å²) in [6, 6.07) is 4.05. The summed E-state index contributed by atoms with van der Waals surface area (Å²) in [6.07, 6.45) is 1.55. The molecule has 0 aliphatic carbocycles. The Bertz CT molecular complexity index is 1310. The summed E-state index contributed by atoms with van der Waals surface area (Å²) in [7, 11) is 0. The highest BCUT2D eigenvalue weighted by molar-refractivity contribution is 8.00. The molecule has 1 aromatic rings. The number of carbonyl (C=O) groups excluding carboxylic acids is 7. The van der Waals surface area contributed by atoms with Crippen molar-refractivity contribution in [2.45, 2.75) is 90.2 Å². The van der Waals surface area contributed by atoms with Crippen molar-refractivity contribution in [3.8, 4) is 0 Å². The molecule has 1 aliphatic rings. The van der Waals surface area contributed by atoms with Gasteiger partial charge in [0.05, 0.1) is 11.2 Å². The minimum atomic E-state index is -1.01. The Morgan fingerprint density at radius 2 is 1.67 bits per heavy atom. The van der Waals surface area contributed by atoms with Crippen molar-refractivity contribution < 1.29 is 38.3 Å². The van der Waals surface area contributed by atoms with Crippen molar-refractivity contribution in [2.24, 2.45) is 23.3 Å². The first kappa shape index (κ1) is 41.0. The highest BCUT2D eigenvalue weighted by Crippen LogP contribution is 2.25. The number of anilines is 1. The predicted molar refractivity (Wildman–Crippen MR) is 186 cm³/mol. The van der Waals surface area contributed by atoms with E-state index in [4.69, 9.17) is 16.2 Å². The Hall–Kier alpha value is -4.18. The van der Waals surface area contributed by atoms with Gasteiger partial charge in [-0.3, -0.25) is 33.7 Å². The van der Waals surface area contributed by atoms with Gasteiger partial charge >= 0.3 is 12.0 Å². The fraction of sp³-hybridized carbons (Fsp3) is 0.606. The third-order valence-corrected chi connectivity index (χ3v) is 8.86. The van der Waals surface area contributed by atoms with Crippen LogP contribution >= 0.6 is 11.8 Å². The summed E-state index contributed by atoms with van der Waals surface area (Å²) in [6.45, 7) is 7.92. The van der Waals surface area contributed by atoms with E-state index in [1.807, 2.05) is 0 Å². The third-order valence-electron chi connectivity index (χ3n) is 7.62. The largest absolute Gasteiger partial charge is 0.461 e. The van der Waals surface area contributed by atoms with Gasteiger partial charge in [0.2, 0.25) is 29.5 Å². The Balaban J connectivity index is 1.96. The molecule has 272 valence electrons. The van der Waals surface area contributed by atoms with Crippen molar-refractivity contribution in [3.63, 3.8) is 0 Å². The monoisotopic (exact) mass is 705 g/mol. The highest BCUT2D eigenvalue weighted by Gasteiger charge is 2.38. The van der Waals surface area contributed by atoms with Crippen molar-refractivity contribution >= 4 is 59.0 Å². The average molecular weight is 706 g/mol. The first-order chi connectivity index (χ1) is 23.2. The molecule has 0 aromatic heterocycles. The minimum absolute atomic E-state index is 0.0768. The smallest absolute Gasteiger partial charge is 0.312 e. The summed E-state index contributed by atoms with van der Waals surface area (Å²) in [5, 5.41) is 10.3. The number of urea groups is 1. The molecule has 3 atom stereocenters. The summed E-state index contributed by atoms with van der Waals surface area (Å²) >= 11 is 1.37. The molecule has 16 heteroatoms. The SMILES string of the molecule is CC(C)C(=O)OCc1ccc(NC(=O)[C@H](CCCNC(N)=O)NC(=O)[C@@H](NC(=O)CCCCN2C(=O)CC(SCCN)C2=O)C(C)C)cc1. The van der Waals surface area contributed by atoms with Crippen LogP contribution in [0.15, 0.2) is 24.3 Å². The van der Waals surface area contributed by atoms with Gasteiger partial charge in [-0.15, -0.1) is 11.8 Å². The number of thioether (sulfide) groups is 1. The molecule has 1 aliphatic heterocycles. The molecule has 7 amide bonds. The van der Waals surface area contributed by atoms with Gasteiger partial charge in [0.15, 0.2) is 0 Å². The van der Waals surface area contributed by atoms with E-state index in [9.17, 15) is 33.6 Å². The number of amides is 7. The Morgan fingerprint density at radius 3 is 2.29 bits per heavy atom. The number of esters is 1. The van der Waals surface area contributed by atoms with Crippen molar-refractivity contribution in [3.05, 3.63) is 29.8 Å². The van der Waals surface area contributed by atoms with E-state index >= 15 is 0 Å². The second-order valence-corrected chi connectivity index (χ2v) is 13.7. The number of nitrogens with two attached hydrogens (primary N) is 2. The van der Waals surface area contributed by atoms with Crippen LogP contribution in [-0.2, 0) is 40.1 Å². The zero-order valence-electron chi connectivity index (χ0n) is 28.8. The van der Waals surface area contributed by atoms with E-state index in [-0.39, 0.29) is 74.5 Å². The predicted octanol–water partition coefficient (Wildman–Crippen LogP) is 1.39. The first-order valence-corrected chi connectivity index (χ1v) is 17.6. The van der Waals surface area contributed by atoms with Gasteiger partial charge in [-0.05, 0) is 49.3 Å². The Labute approximate surface area is 291 Å². The van der Waals surface area contributed by atoms with Crippen LogP contribution in [0.2, 0.25) is 0 Å². The lowest BCUT2D eigenvalue weighted by atomic mass is 10.0. The quantitative estimate of drug-likeness (QED) is 0.0611. The van der Waals surface area contributed by atoms with Gasteiger partial charge in [-0.1, -0.05) is 39.8 Å². The van der Waals surface area contributed by atoms with Gasteiger partial charge in [0.25, 0.3) is 0 Å². The second-order valence-electron chi connectivity index (χ2n) is 12.4. The Morgan fingerprint density at radius 1 is 0.980 bits per heavy atom. The number of primary amides is 1. The van der Waals surface area contributed by atoms with Crippen molar-refractivity contribution in [1.82, 2.24) is 20.9 Å². The number of nitrogens with zero attached hydrogens (tertiary/aromatic N) is 1. The van der Waals surface area contributed by atoms with Gasteiger partial charge in [0, 0.05) is 43.9 Å². The third kappa shape index (κ3) is 14.5. The van der Waals surface area contributed by atoms with Crippen molar-refractivity contribution in [1.29, 1.82) is 0 Å². The van der Waals surface area contributed by atoms with Gasteiger partial charge < -0.3 is 37.5 Å². The Kier molecular flexibility index (Phi) is 17.6. The first-order valence-electron chi connectivity index (χ1n) is 16.6. The molecule has 0 bridgehead atoms. The molecule has 1 heterocycles. The van der Waals surface area contributed by atoms with E-state index in [2.05, 4.69) is 21.3 Å². The maximum absolute atomic E-state index is 13.4. The molecule has 1 saturated heterocycles. The van der Waals surface area contributed by atoms with Crippen LogP contribution < -0.4 is 32.7 Å². The lowest BCUT2D eigenvalue weighted by Gasteiger charge is -2.25. The fourth-order valence-corrected chi connectivity index (χ4v) is 5.80. The van der Waals surface area contributed by atoms with E-state index < -0.39 is 35.2 Å². The van der Waals surface area contributed by atoms with Crippen molar-refractivity contribution in [2.75, 3.05) is 30.7 Å². The zero-order chi connectivity index (χ0) is 36.5. The van der Waals surface area contributed by atoms with Crippen LogP contribution in [0.1, 0.15) is 71.8 Å². The molecule has 1 aromatic carbocycles. The number of ether oxygens (including phenoxy) is 1. The van der Waals surface area contributed by atoms with E-state index in [0.29, 0.717) is 37.2 Å². The molecule has 0 spiro atoms. The van der Waals surface area contributed by atoms with E-state index in [0.717, 1.165) is 5.56 Å². The number of imide groups is 1. The standard InChI is InChI=1S/C33H51N7O8S/c1-20(2)28(39-26(41)9-5-6-16-40-27(42)18-25(31(40)45)49-17-14-34)30(44)38-24(8-7-15-36-33(35)47)29(43)37-23-12-10-22(11-13-23)19-48-32(46)21(3)4/h10-13,20-21,24-25,28H,5-9,14-19,34H2,1-4H3,(H,37,43)(H,38,44)(H,39,41)(H3,35,36,47)/t24-,25?,28-/m0/s1. The maximum Gasteiger partial charge on any atom is 0.312 e. The second kappa shape index (κ2) is 21.0. The maximum atomic E-state index is 13.4. The molecule has 8 N–H and O–H groups in total. The number of unbranched alkanes of at least 4 members (excludes halogenated alkanes) is 1. The summed E-state index contributed by atoms with van der Waals surface area (Å²) in [4.78, 5) is 88.4. The summed E-state index contributed by atoms with van der Waals surface area (Å²) in [5.74, 6) is -2.19. The lowest BCUT2D eigenvalue weighted by molar-refractivity contribution is -0.148. The number of likely N-dealkylation sites (tertiary alicyclic amines) is 1. The highest BCUT2D eigenvalue weighted by atomic mass is 32.2. The number of hydrogen-bond donors (Lipinski definition) is 6. The van der Waals surface area contributed by atoms with Crippen LogP contribution in [-0.4, -0.2) is 89.2 Å². The van der Waals surface area contributed by atoms with E-state index in [1.54, 1.807) is 52.0 Å². The molecular formula is C33H51N7O8S. The van der Waals surface area contributed by atoms with Crippen LogP contribution in [0.3, 0.4) is 0 Å². The topological polar surface area (TPSA) is 232 Å². The normalized spacial score (nSPS) is 15.6. The van der Waals surface area contributed by atoms with Crippen LogP contribution in [0.5, 0.6) is 0 Å². The molecule has 0 saturated carbocycles. The van der Waals surface area contributed by atoms with Gasteiger partial charge in [-0.25, -0.2) is 4.79 Å². The lowest BCUT2D eigenvalue weighted by Crippen LogP contribution is -2.54. The molecule has 0 radical (unpaired) electrons. The van der Waals surface area contributed by atoms with Gasteiger partial charge in [-0.2, -0.15) is 0 Å². The molecule has 1 fully saturated rings. The van der Waals surface area contributed by atoms with Crippen LogP contribution in [0.25, 0.3) is 0 Å². The summed E-state index contributed by atoms with van der Waals surface area (Å²) in [5.41, 5.74) is 11.8.